The number of aromatic nitrogens is 1. The van der Waals surface area contributed by atoms with Gasteiger partial charge in [0, 0.05) is 62.3 Å². The molecule has 0 aliphatic carbocycles. The number of benzene rings is 1. The number of hydrogen-bond acceptors (Lipinski definition) is 6. The van der Waals surface area contributed by atoms with Crippen molar-refractivity contribution in [1.29, 1.82) is 0 Å². The maximum Gasteiger partial charge on any atom is 0.236 e. The highest BCUT2D eigenvalue weighted by Crippen LogP contribution is 2.48. The minimum atomic E-state index is -0.426. The molecule has 1 aromatic carbocycles. The topological polar surface area (TPSA) is 98.3 Å². The Morgan fingerprint density at radius 1 is 1.25 bits per heavy atom. The molecule has 3 aliphatic rings. The van der Waals surface area contributed by atoms with Gasteiger partial charge in [0.15, 0.2) is 0 Å². The molecular formula is C23H30N4O5. The van der Waals surface area contributed by atoms with Crippen LogP contribution in [0.15, 0.2) is 18.2 Å². The summed E-state index contributed by atoms with van der Waals surface area (Å²) in [5.41, 5.74) is 2.54. The Hall–Kier alpha value is -2.62. The molecule has 0 saturated carbocycles. The summed E-state index contributed by atoms with van der Waals surface area (Å²) in [6, 6.07) is 5.47. The molecule has 1 aromatic heterocycles. The van der Waals surface area contributed by atoms with E-state index >= 15 is 0 Å². The highest BCUT2D eigenvalue weighted by atomic mass is 16.5. The minimum absolute atomic E-state index is 0.0802. The van der Waals surface area contributed by atoms with Gasteiger partial charge < -0.3 is 29.4 Å². The summed E-state index contributed by atoms with van der Waals surface area (Å²) < 4.78 is 10.8. The number of hydrogen-bond donors (Lipinski definition) is 2. The number of fused-ring (bicyclic) bond motifs is 4. The smallest absolute Gasteiger partial charge is 0.236 e. The third kappa shape index (κ3) is 3.35. The lowest BCUT2D eigenvalue weighted by Crippen LogP contribution is -2.68. The molecule has 9 heteroatoms. The molecule has 2 N–H and O–H groups in total. The predicted octanol–water partition coefficient (Wildman–Crippen LogP) is 0.484. The van der Waals surface area contributed by atoms with Gasteiger partial charge in [0.05, 0.1) is 44.9 Å². The number of amides is 2. The van der Waals surface area contributed by atoms with Gasteiger partial charge in [0.2, 0.25) is 11.8 Å². The number of aliphatic hydroxyl groups excluding tert-OH is 1. The van der Waals surface area contributed by atoms with Crippen LogP contribution in [0.5, 0.6) is 5.75 Å². The van der Waals surface area contributed by atoms with E-state index in [4.69, 9.17) is 9.47 Å². The monoisotopic (exact) mass is 442 g/mol. The Balaban J connectivity index is 1.47. The SMILES string of the molecule is COc1ccc2c3c([nH]c2c1)[C@H](CO)N(C(C)=O)CC31CN(C(=O)CN2CCOCC2)C1. The van der Waals surface area contributed by atoms with Crippen molar-refractivity contribution in [3.05, 3.63) is 29.5 Å². The summed E-state index contributed by atoms with van der Waals surface area (Å²) in [6.07, 6.45) is 0. The van der Waals surface area contributed by atoms with Gasteiger partial charge in [-0.05, 0) is 17.7 Å². The Kier molecular flexibility index (Phi) is 5.35. The van der Waals surface area contributed by atoms with Crippen LogP contribution in [0.2, 0.25) is 0 Å². The quantitative estimate of drug-likeness (QED) is 0.715. The Morgan fingerprint density at radius 2 is 2.00 bits per heavy atom. The van der Waals surface area contributed by atoms with Crippen molar-refractivity contribution in [2.45, 2.75) is 18.4 Å². The molecule has 1 atom stereocenters. The average Bonchev–Trinajstić information content (AvgIpc) is 3.15. The van der Waals surface area contributed by atoms with Crippen LogP contribution in [0.4, 0.5) is 0 Å². The van der Waals surface area contributed by atoms with Crippen LogP contribution < -0.4 is 4.74 Å². The van der Waals surface area contributed by atoms with Gasteiger partial charge in [-0.2, -0.15) is 0 Å². The van der Waals surface area contributed by atoms with Gasteiger partial charge in [0.1, 0.15) is 5.75 Å². The van der Waals surface area contributed by atoms with Crippen LogP contribution in [0.25, 0.3) is 10.9 Å². The summed E-state index contributed by atoms with van der Waals surface area (Å²) in [7, 11) is 1.63. The number of aliphatic hydroxyl groups is 1. The van der Waals surface area contributed by atoms with Crippen molar-refractivity contribution in [2.75, 3.05) is 66.2 Å². The van der Waals surface area contributed by atoms with Crippen LogP contribution in [-0.4, -0.2) is 103 Å². The van der Waals surface area contributed by atoms with E-state index in [9.17, 15) is 14.7 Å². The number of methoxy groups -OCH3 is 1. The van der Waals surface area contributed by atoms with Crippen LogP contribution in [0, 0.1) is 0 Å². The molecule has 0 radical (unpaired) electrons. The van der Waals surface area contributed by atoms with Crippen molar-refractivity contribution >= 4 is 22.7 Å². The first kappa shape index (κ1) is 21.2. The fourth-order valence-corrected chi connectivity index (χ4v) is 5.51. The van der Waals surface area contributed by atoms with E-state index in [1.165, 1.54) is 6.92 Å². The standard InChI is InChI=1S/C23H30N4O5/c1-15(29)27-14-23(12-26(13-23)20(30)10-25-5-7-32-8-6-25)21-17-4-3-16(31-2)9-18(17)24-22(21)19(27)11-28/h3-4,9,19,24,28H,5-8,10-14H2,1-2H3/t19-/m0/s1. The second kappa shape index (κ2) is 8.06. The number of nitrogens with zero attached hydrogens (tertiary/aromatic N) is 3. The first-order chi connectivity index (χ1) is 15.5. The Bertz CT molecular complexity index is 1040. The van der Waals surface area contributed by atoms with E-state index in [0.717, 1.165) is 41.0 Å². The first-order valence-electron chi connectivity index (χ1n) is 11.1. The average molecular weight is 443 g/mol. The van der Waals surface area contributed by atoms with Crippen molar-refractivity contribution in [2.24, 2.45) is 0 Å². The normalized spacial score (nSPS) is 22.7. The van der Waals surface area contributed by atoms with Gasteiger partial charge in [-0.25, -0.2) is 0 Å². The third-order valence-electron chi connectivity index (χ3n) is 7.13. The maximum atomic E-state index is 13.0. The van der Waals surface area contributed by atoms with E-state index in [-0.39, 0.29) is 23.8 Å². The number of ether oxygens (including phenoxy) is 2. The lowest BCUT2D eigenvalue weighted by Gasteiger charge is -2.56. The first-order valence-corrected chi connectivity index (χ1v) is 11.1. The molecule has 9 nitrogen and oxygen atoms in total. The summed E-state index contributed by atoms with van der Waals surface area (Å²) in [5, 5.41) is 11.2. The summed E-state index contributed by atoms with van der Waals surface area (Å²) in [5.74, 6) is 0.771. The number of likely N-dealkylation sites (tertiary alicyclic amines) is 1. The minimum Gasteiger partial charge on any atom is -0.497 e. The number of carbonyl (C=O) groups excluding carboxylic acids is 2. The zero-order chi connectivity index (χ0) is 22.5. The fourth-order valence-electron chi connectivity index (χ4n) is 5.51. The zero-order valence-corrected chi connectivity index (χ0v) is 18.6. The van der Waals surface area contributed by atoms with E-state index in [1.54, 1.807) is 12.0 Å². The summed E-state index contributed by atoms with van der Waals surface area (Å²) >= 11 is 0. The van der Waals surface area contributed by atoms with Crippen LogP contribution in [0.1, 0.15) is 24.2 Å². The zero-order valence-electron chi connectivity index (χ0n) is 18.6. The van der Waals surface area contributed by atoms with Gasteiger partial charge in [0.25, 0.3) is 0 Å². The number of morpholine rings is 1. The number of rotatable bonds is 4. The summed E-state index contributed by atoms with van der Waals surface area (Å²) in [4.78, 5) is 34.6. The number of H-pyrrole nitrogens is 1. The van der Waals surface area contributed by atoms with E-state index in [2.05, 4.69) is 9.88 Å². The Labute approximate surface area is 186 Å². The molecule has 0 bridgehead atoms. The lowest BCUT2D eigenvalue weighted by molar-refractivity contribution is -0.146. The van der Waals surface area contributed by atoms with Crippen molar-refractivity contribution in [3.8, 4) is 5.75 Å². The van der Waals surface area contributed by atoms with Crippen molar-refractivity contribution < 1.29 is 24.2 Å². The van der Waals surface area contributed by atoms with E-state index < -0.39 is 6.04 Å². The molecule has 3 aliphatic heterocycles. The fraction of sp³-hybridized carbons (Fsp3) is 0.565. The van der Waals surface area contributed by atoms with Crippen molar-refractivity contribution in [1.82, 2.24) is 19.7 Å². The lowest BCUT2D eigenvalue weighted by atomic mass is 9.68. The molecule has 1 spiro atoms. The molecule has 2 saturated heterocycles. The predicted molar refractivity (Wildman–Crippen MR) is 118 cm³/mol. The maximum absolute atomic E-state index is 13.0. The van der Waals surface area contributed by atoms with Gasteiger partial charge in [-0.15, -0.1) is 0 Å². The molecule has 0 unspecified atom stereocenters. The second-order valence-corrected chi connectivity index (χ2v) is 9.09. The van der Waals surface area contributed by atoms with Gasteiger partial charge in [-0.1, -0.05) is 0 Å². The number of aromatic amines is 1. The molecule has 5 rings (SSSR count). The van der Waals surface area contributed by atoms with Crippen LogP contribution in [0.3, 0.4) is 0 Å². The molecule has 4 heterocycles. The molecular weight excluding hydrogens is 412 g/mol. The molecule has 2 amide bonds. The van der Waals surface area contributed by atoms with Crippen LogP contribution >= 0.6 is 0 Å². The summed E-state index contributed by atoms with van der Waals surface area (Å²) in [6.45, 7) is 6.25. The van der Waals surface area contributed by atoms with E-state index in [0.29, 0.717) is 39.4 Å². The number of carbonyl (C=O) groups is 2. The Morgan fingerprint density at radius 3 is 2.66 bits per heavy atom. The van der Waals surface area contributed by atoms with E-state index in [1.807, 2.05) is 23.1 Å². The van der Waals surface area contributed by atoms with Crippen molar-refractivity contribution in [3.63, 3.8) is 0 Å². The molecule has 2 aromatic rings. The van der Waals surface area contributed by atoms with Crippen LogP contribution in [-0.2, 0) is 19.7 Å². The van der Waals surface area contributed by atoms with Gasteiger partial charge >= 0.3 is 0 Å². The highest BCUT2D eigenvalue weighted by Gasteiger charge is 2.54. The number of nitrogens with one attached hydrogen (secondary N) is 1. The van der Waals surface area contributed by atoms with Gasteiger partial charge in [-0.3, -0.25) is 14.5 Å². The molecule has 2 fully saturated rings. The largest absolute Gasteiger partial charge is 0.497 e. The highest BCUT2D eigenvalue weighted by molar-refractivity contribution is 5.90. The third-order valence-corrected chi connectivity index (χ3v) is 7.13. The molecule has 172 valence electrons. The molecule has 32 heavy (non-hydrogen) atoms. The second-order valence-electron chi connectivity index (χ2n) is 9.09.